The number of carbonyl (C=O) groups excluding carboxylic acids is 1. The third kappa shape index (κ3) is 4.41. The Labute approximate surface area is 130 Å². The number of hydrogen-bond acceptors (Lipinski definition) is 5. The molecule has 1 aliphatic carbocycles. The van der Waals surface area contributed by atoms with Gasteiger partial charge in [0.1, 0.15) is 5.54 Å². The molecule has 0 bridgehead atoms. The number of nitrogens with one attached hydrogen (secondary N) is 1. The number of rotatable bonds is 8. The van der Waals surface area contributed by atoms with Crippen molar-refractivity contribution in [2.45, 2.75) is 57.7 Å². The van der Waals surface area contributed by atoms with E-state index in [1.165, 1.54) is 7.11 Å². The minimum absolute atomic E-state index is 0.108. The van der Waals surface area contributed by atoms with Crippen LogP contribution in [0.5, 0.6) is 0 Å². The number of esters is 1. The molecule has 1 fully saturated rings. The fraction of sp³-hybridized carbons (Fsp3) is 0.938. The molecule has 0 amide bonds. The van der Waals surface area contributed by atoms with Gasteiger partial charge in [0.2, 0.25) is 0 Å². The lowest BCUT2D eigenvalue weighted by atomic mass is 9.97. The van der Waals surface area contributed by atoms with Crippen LogP contribution in [0.4, 0.5) is 0 Å². The summed E-state index contributed by atoms with van der Waals surface area (Å²) in [6.45, 7) is 9.37. The van der Waals surface area contributed by atoms with Crippen LogP contribution >= 0.6 is 0 Å². The summed E-state index contributed by atoms with van der Waals surface area (Å²) in [7, 11) is 5.70. The highest BCUT2D eigenvalue weighted by atomic mass is 16.5. The topological polar surface area (TPSA) is 44.8 Å². The van der Waals surface area contributed by atoms with Crippen molar-refractivity contribution >= 4 is 5.97 Å². The van der Waals surface area contributed by atoms with Crippen LogP contribution in [-0.2, 0) is 9.53 Å². The first-order valence-electron chi connectivity index (χ1n) is 8.14. The molecule has 0 aromatic heterocycles. The maximum Gasteiger partial charge on any atom is 0.326 e. The molecule has 0 heterocycles. The summed E-state index contributed by atoms with van der Waals surface area (Å²) in [6, 6.07) is 0.938. The van der Waals surface area contributed by atoms with Gasteiger partial charge < -0.3 is 15.0 Å². The van der Waals surface area contributed by atoms with E-state index in [9.17, 15) is 4.79 Å². The smallest absolute Gasteiger partial charge is 0.326 e. The zero-order chi connectivity index (χ0) is 16.0. The molecule has 3 atom stereocenters. The maximum absolute atomic E-state index is 12.2. The van der Waals surface area contributed by atoms with Gasteiger partial charge in [-0.05, 0) is 53.4 Å². The van der Waals surface area contributed by atoms with Gasteiger partial charge in [-0.25, -0.2) is 0 Å². The second kappa shape index (κ2) is 8.11. The lowest BCUT2D eigenvalue weighted by Crippen LogP contribution is -2.53. The number of ether oxygens (including phenoxy) is 1. The Balaban J connectivity index is 2.79. The molecule has 1 N–H and O–H groups in total. The summed E-state index contributed by atoms with van der Waals surface area (Å²) >= 11 is 0. The van der Waals surface area contributed by atoms with Crippen LogP contribution in [0, 0.1) is 0 Å². The van der Waals surface area contributed by atoms with Crippen LogP contribution in [0.15, 0.2) is 0 Å². The number of carbonyl (C=O) groups is 1. The van der Waals surface area contributed by atoms with Crippen LogP contribution in [0.25, 0.3) is 0 Å². The molecule has 5 nitrogen and oxygen atoms in total. The van der Waals surface area contributed by atoms with Crippen molar-refractivity contribution in [2.75, 3.05) is 40.8 Å². The first-order valence-corrected chi connectivity index (χ1v) is 8.14. The molecule has 1 saturated carbocycles. The Morgan fingerprint density at radius 3 is 2.57 bits per heavy atom. The largest absolute Gasteiger partial charge is 0.468 e. The molecule has 21 heavy (non-hydrogen) atoms. The van der Waals surface area contributed by atoms with Crippen LogP contribution in [0.1, 0.15) is 40.0 Å². The monoisotopic (exact) mass is 299 g/mol. The molecule has 3 unspecified atom stereocenters. The number of methoxy groups -OCH3 is 1. The predicted octanol–water partition coefficient (Wildman–Crippen LogP) is 1.33. The first-order chi connectivity index (χ1) is 9.90. The molecule has 0 spiro atoms. The van der Waals surface area contributed by atoms with E-state index < -0.39 is 5.54 Å². The zero-order valence-electron chi connectivity index (χ0n) is 14.6. The average molecular weight is 299 g/mol. The van der Waals surface area contributed by atoms with E-state index in [-0.39, 0.29) is 5.97 Å². The van der Waals surface area contributed by atoms with Crippen molar-refractivity contribution in [2.24, 2.45) is 0 Å². The standard InChI is InChI=1S/C16H33N3O2/c1-7-17-16(15(20)21-6)10-9-14(11-16)19(8-2)13(3)12-18(4)5/h13-14,17H,7-12H2,1-6H3. The van der Waals surface area contributed by atoms with E-state index in [4.69, 9.17) is 4.74 Å². The molecular formula is C16H33N3O2. The van der Waals surface area contributed by atoms with Crippen molar-refractivity contribution in [1.29, 1.82) is 0 Å². The molecule has 0 saturated heterocycles. The second-order valence-electron chi connectivity index (χ2n) is 6.44. The Bertz CT molecular complexity index is 335. The van der Waals surface area contributed by atoms with Crippen LogP contribution in [0.2, 0.25) is 0 Å². The molecular weight excluding hydrogens is 266 g/mol. The number of nitrogens with zero attached hydrogens (tertiary/aromatic N) is 2. The van der Waals surface area contributed by atoms with Gasteiger partial charge in [-0.2, -0.15) is 0 Å². The average Bonchev–Trinajstić information content (AvgIpc) is 2.83. The van der Waals surface area contributed by atoms with Crippen molar-refractivity contribution in [3.63, 3.8) is 0 Å². The Morgan fingerprint density at radius 1 is 1.43 bits per heavy atom. The first kappa shape index (κ1) is 18.4. The molecule has 1 rings (SSSR count). The highest BCUT2D eigenvalue weighted by Gasteiger charge is 2.47. The number of hydrogen-bond donors (Lipinski definition) is 1. The quantitative estimate of drug-likeness (QED) is 0.685. The van der Waals surface area contributed by atoms with E-state index in [1.807, 2.05) is 6.92 Å². The lowest BCUT2D eigenvalue weighted by Gasteiger charge is -2.36. The summed E-state index contributed by atoms with van der Waals surface area (Å²) in [5.74, 6) is -0.108. The Hall–Kier alpha value is -0.650. The number of likely N-dealkylation sites (N-methyl/N-ethyl adjacent to an activating group) is 3. The van der Waals surface area contributed by atoms with Crippen LogP contribution in [-0.4, -0.2) is 74.2 Å². The normalized spacial score (nSPS) is 27.3. The Kier molecular flexibility index (Phi) is 7.10. The highest BCUT2D eigenvalue weighted by molar-refractivity contribution is 5.81. The van der Waals surface area contributed by atoms with Gasteiger partial charge in [-0.15, -0.1) is 0 Å². The van der Waals surface area contributed by atoms with Gasteiger partial charge in [0.25, 0.3) is 0 Å². The fourth-order valence-electron chi connectivity index (χ4n) is 3.82. The van der Waals surface area contributed by atoms with Gasteiger partial charge in [0, 0.05) is 18.6 Å². The van der Waals surface area contributed by atoms with E-state index in [2.05, 4.69) is 43.1 Å². The van der Waals surface area contributed by atoms with Crippen molar-refractivity contribution < 1.29 is 9.53 Å². The van der Waals surface area contributed by atoms with Crippen LogP contribution < -0.4 is 5.32 Å². The van der Waals surface area contributed by atoms with Gasteiger partial charge >= 0.3 is 5.97 Å². The maximum atomic E-state index is 12.2. The van der Waals surface area contributed by atoms with Gasteiger partial charge in [0.05, 0.1) is 7.11 Å². The molecule has 0 radical (unpaired) electrons. The van der Waals surface area contributed by atoms with Crippen molar-refractivity contribution in [3.05, 3.63) is 0 Å². The lowest BCUT2D eigenvalue weighted by molar-refractivity contribution is -0.148. The minimum atomic E-state index is -0.487. The predicted molar refractivity (Wildman–Crippen MR) is 86.5 cm³/mol. The summed E-state index contributed by atoms with van der Waals surface area (Å²) < 4.78 is 5.05. The van der Waals surface area contributed by atoms with Gasteiger partial charge in [-0.3, -0.25) is 9.69 Å². The second-order valence-corrected chi connectivity index (χ2v) is 6.44. The van der Waals surface area contributed by atoms with E-state index >= 15 is 0 Å². The minimum Gasteiger partial charge on any atom is -0.468 e. The third-order valence-electron chi connectivity index (χ3n) is 4.61. The van der Waals surface area contributed by atoms with Crippen LogP contribution in [0.3, 0.4) is 0 Å². The Morgan fingerprint density at radius 2 is 2.10 bits per heavy atom. The summed E-state index contributed by atoms with van der Waals surface area (Å²) in [4.78, 5) is 17.0. The zero-order valence-corrected chi connectivity index (χ0v) is 14.6. The summed E-state index contributed by atoms with van der Waals surface area (Å²) in [5.41, 5.74) is -0.487. The van der Waals surface area contributed by atoms with Gasteiger partial charge in [0.15, 0.2) is 0 Å². The third-order valence-corrected chi connectivity index (χ3v) is 4.61. The highest BCUT2D eigenvalue weighted by Crippen LogP contribution is 2.35. The van der Waals surface area contributed by atoms with E-state index in [0.29, 0.717) is 12.1 Å². The molecule has 0 aromatic carbocycles. The van der Waals surface area contributed by atoms with Gasteiger partial charge in [-0.1, -0.05) is 13.8 Å². The van der Waals surface area contributed by atoms with Crippen molar-refractivity contribution in [1.82, 2.24) is 15.1 Å². The molecule has 1 aliphatic rings. The van der Waals surface area contributed by atoms with Crippen molar-refractivity contribution in [3.8, 4) is 0 Å². The summed E-state index contributed by atoms with van der Waals surface area (Å²) in [6.07, 6.45) is 2.76. The molecule has 124 valence electrons. The fourth-order valence-corrected chi connectivity index (χ4v) is 3.82. The van der Waals surface area contributed by atoms with E-state index in [0.717, 1.165) is 38.9 Å². The molecule has 5 heteroatoms. The SMILES string of the molecule is CCNC1(C(=O)OC)CCC(N(CC)C(C)CN(C)C)C1. The molecule has 0 aromatic rings. The molecule has 0 aliphatic heterocycles. The summed E-state index contributed by atoms with van der Waals surface area (Å²) in [5, 5.41) is 3.39. The van der Waals surface area contributed by atoms with E-state index in [1.54, 1.807) is 0 Å².